The minimum atomic E-state index is -0.433. The molecule has 0 aromatic rings. The third-order valence-corrected chi connectivity index (χ3v) is 5.93. The molecule has 0 aromatic heterocycles. The van der Waals surface area contributed by atoms with Crippen LogP contribution in [0.5, 0.6) is 0 Å². The summed E-state index contributed by atoms with van der Waals surface area (Å²) in [4.78, 5) is 14.0. The van der Waals surface area contributed by atoms with Gasteiger partial charge < -0.3 is 18.9 Å². The second-order valence-electron chi connectivity index (χ2n) is 9.96. The summed E-state index contributed by atoms with van der Waals surface area (Å²) in [6.07, 6.45) is 3.02. The Morgan fingerprint density at radius 3 is 2.24 bits per heavy atom. The molecule has 1 spiro atoms. The average molecular weight is 349 g/mol. The maximum Gasteiger partial charge on any atom is 0.487 e. The molecule has 0 aromatic carbocycles. The first-order chi connectivity index (χ1) is 11.3. The van der Waals surface area contributed by atoms with Crippen LogP contribution in [0, 0.1) is 5.41 Å². The van der Waals surface area contributed by atoms with Crippen molar-refractivity contribution in [2.75, 3.05) is 13.1 Å². The molecule has 3 aliphatic rings. The van der Waals surface area contributed by atoms with Crippen LogP contribution < -0.4 is 0 Å². The van der Waals surface area contributed by atoms with Crippen molar-refractivity contribution in [1.82, 2.24) is 4.90 Å². The first-order valence-electron chi connectivity index (χ1n) is 9.34. The van der Waals surface area contributed by atoms with E-state index in [1.807, 2.05) is 25.7 Å². The Labute approximate surface area is 152 Å². The zero-order valence-corrected chi connectivity index (χ0v) is 16.8. The van der Waals surface area contributed by atoms with Crippen molar-refractivity contribution in [3.05, 3.63) is 11.5 Å². The van der Waals surface area contributed by atoms with Crippen LogP contribution in [0.15, 0.2) is 11.5 Å². The fourth-order valence-electron chi connectivity index (χ4n) is 3.86. The molecule has 0 N–H and O–H groups in total. The van der Waals surface area contributed by atoms with Crippen LogP contribution in [-0.2, 0) is 14.0 Å². The van der Waals surface area contributed by atoms with Crippen molar-refractivity contribution < 1.29 is 18.8 Å². The Bertz CT molecular complexity index is 569. The van der Waals surface area contributed by atoms with Crippen LogP contribution >= 0.6 is 0 Å². The SMILES string of the molecule is CC(C)(C)OC(=O)N1CC2(CC/C(=C\B3OC(C)(C)C(C)(C)O3)C2)C1. The average Bonchev–Trinajstić information content (AvgIpc) is 2.85. The van der Waals surface area contributed by atoms with Gasteiger partial charge in [0.05, 0.1) is 11.2 Å². The number of rotatable bonds is 1. The molecule has 1 saturated carbocycles. The van der Waals surface area contributed by atoms with E-state index in [0.29, 0.717) is 0 Å². The Morgan fingerprint density at radius 2 is 1.72 bits per heavy atom. The lowest BCUT2D eigenvalue weighted by Gasteiger charge is -2.48. The molecule has 0 bridgehead atoms. The monoisotopic (exact) mass is 349 g/mol. The molecule has 2 heterocycles. The van der Waals surface area contributed by atoms with Gasteiger partial charge in [-0.1, -0.05) is 11.5 Å². The predicted molar refractivity (Wildman–Crippen MR) is 98.3 cm³/mol. The Kier molecular flexibility index (Phi) is 4.32. The number of amides is 1. The molecule has 0 unspecified atom stereocenters. The van der Waals surface area contributed by atoms with Crippen molar-refractivity contribution in [3.63, 3.8) is 0 Å². The molecule has 25 heavy (non-hydrogen) atoms. The van der Waals surface area contributed by atoms with Crippen molar-refractivity contribution in [1.29, 1.82) is 0 Å². The lowest BCUT2D eigenvalue weighted by molar-refractivity contribution is -0.0308. The summed E-state index contributed by atoms with van der Waals surface area (Å²) in [7, 11) is -0.266. The standard InChI is InChI=1S/C19H32BNO4/c1-16(2,3)23-15(22)21-12-19(13-21)9-8-14(10-19)11-20-24-17(4,5)18(6,7)25-20/h11H,8-10,12-13H2,1-7H3/b14-11+. The number of likely N-dealkylation sites (tertiary alicyclic amines) is 1. The van der Waals surface area contributed by atoms with Gasteiger partial charge >= 0.3 is 13.2 Å². The second kappa shape index (κ2) is 5.75. The predicted octanol–water partition coefficient (Wildman–Crippen LogP) is 3.97. The van der Waals surface area contributed by atoms with Crippen molar-refractivity contribution in [3.8, 4) is 0 Å². The summed E-state index contributed by atoms with van der Waals surface area (Å²) >= 11 is 0. The lowest BCUT2D eigenvalue weighted by Crippen LogP contribution is -2.58. The topological polar surface area (TPSA) is 48.0 Å². The van der Waals surface area contributed by atoms with E-state index in [4.69, 9.17) is 14.0 Å². The summed E-state index contributed by atoms with van der Waals surface area (Å²) < 4.78 is 17.6. The van der Waals surface area contributed by atoms with E-state index < -0.39 is 5.60 Å². The lowest BCUT2D eigenvalue weighted by atomic mass is 9.77. The van der Waals surface area contributed by atoms with Gasteiger partial charge in [0.25, 0.3) is 0 Å². The molecule has 140 valence electrons. The minimum Gasteiger partial charge on any atom is -0.444 e. The molecule has 3 fully saturated rings. The van der Waals surface area contributed by atoms with Crippen LogP contribution in [0.4, 0.5) is 4.79 Å². The quantitative estimate of drug-likeness (QED) is 0.672. The second-order valence-corrected chi connectivity index (χ2v) is 9.96. The molecule has 3 rings (SSSR count). The number of carbonyl (C=O) groups excluding carboxylic acids is 1. The van der Waals surface area contributed by atoms with Gasteiger partial charge in [-0.2, -0.15) is 0 Å². The maximum atomic E-state index is 12.1. The van der Waals surface area contributed by atoms with Gasteiger partial charge in [0, 0.05) is 18.5 Å². The number of carbonyl (C=O) groups is 1. The molecular formula is C19H32BNO4. The Hall–Kier alpha value is -1.01. The van der Waals surface area contributed by atoms with E-state index in [1.165, 1.54) is 5.57 Å². The van der Waals surface area contributed by atoms with Crippen LogP contribution in [-0.4, -0.2) is 48.0 Å². The molecule has 2 saturated heterocycles. The van der Waals surface area contributed by atoms with E-state index in [0.717, 1.165) is 32.4 Å². The fourth-order valence-corrected chi connectivity index (χ4v) is 3.86. The summed E-state index contributed by atoms with van der Waals surface area (Å²) in [6, 6.07) is 0. The zero-order chi connectivity index (χ0) is 18.7. The van der Waals surface area contributed by atoms with Crippen LogP contribution in [0.2, 0.25) is 0 Å². The van der Waals surface area contributed by atoms with E-state index >= 15 is 0 Å². The van der Waals surface area contributed by atoms with E-state index in [2.05, 4.69) is 33.7 Å². The highest BCUT2D eigenvalue weighted by molar-refractivity contribution is 6.51. The van der Waals surface area contributed by atoms with Crippen molar-refractivity contribution in [2.45, 2.75) is 84.5 Å². The normalized spacial score (nSPS) is 28.5. The van der Waals surface area contributed by atoms with E-state index in [1.54, 1.807) is 0 Å². The van der Waals surface area contributed by atoms with Gasteiger partial charge in [0.2, 0.25) is 0 Å². The highest BCUT2D eigenvalue weighted by Gasteiger charge is 2.52. The van der Waals surface area contributed by atoms with Crippen molar-refractivity contribution >= 4 is 13.2 Å². The summed E-state index contributed by atoms with van der Waals surface area (Å²) in [6.45, 7) is 15.6. The van der Waals surface area contributed by atoms with Gasteiger partial charge in [-0.05, 0) is 67.7 Å². The third kappa shape index (κ3) is 3.75. The molecule has 1 amide bonds. The largest absolute Gasteiger partial charge is 0.487 e. The first kappa shape index (κ1) is 18.8. The first-order valence-corrected chi connectivity index (χ1v) is 9.34. The summed E-state index contributed by atoms with van der Waals surface area (Å²) in [5.74, 6) is 2.15. The number of ether oxygens (including phenoxy) is 1. The van der Waals surface area contributed by atoms with Gasteiger partial charge in [0.1, 0.15) is 5.60 Å². The number of nitrogens with zero attached hydrogens (tertiary/aromatic N) is 1. The fraction of sp³-hybridized carbons (Fsp3) is 0.842. The molecule has 2 aliphatic heterocycles. The van der Waals surface area contributed by atoms with Crippen LogP contribution in [0.1, 0.15) is 67.7 Å². The molecule has 1 aliphatic carbocycles. The minimum absolute atomic E-state index is 0.193. The Morgan fingerprint density at radius 1 is 1.16 bits per heavy atom. The van der Waals surface area contributed by atoms with Gasteiger partial charge in [-0.25, -0.2) is 4.79 Å². The summed E-state index contributed by atoms with van der Waals surface area (Å²) in [5.41, 5.74) is 0.593. The van der Waals surface area contributed by atoms with Crippen LogP contribution in [0.3, 0.4) is 0 Å². The molecule has 6 heteroatoms. The van der Waals surface area contributed by atoms with E-state index in [-0.39, 0.29) is 29.8 Å². The molecule has 0 radical (unpaired) electrons. The van der Waals surface area contributed by atoms with E-state index in [9.17, 15) is 4.79 Å². The summed E-state index contributed by atoms with van der Waals surface area (Å²) in [5, 5.41) is 0. The molecule has 0 atom stereocenters. The van der Waals surface area contributed by atoms with Gasteiger partial charge in [-0.15, -0.1) is 0 Å². The van der Waals surface area contributed by atoms with Crippen molar-refractivity contribution in [2.24, 2.45) is 5.41 Å². The van der Waals surface area contributed by atoms with Crippen LogP contribution in [0.25, 0.3) is 0 Å². The number of hydrogen-bond donors (Lipinski definition) is 0. The number of allylic oxidation sites excluding steroid dienone is 1. The molecule has 5 nitrogen and oxygen atoms in total. The Balaban J connectivity index is 1.55. The van der Waals surface area contributed by atoms with Gasteiger partial charge in [0.15, 0.2) is 0 Å². The highest BCUT2D eigenvalue weighted by atomic mass is 16.7. The smallest absolute Gasteiger partial charge is 0.444 e. The third-order valence-electron chi connectivity index (χ3n) is 5.93. The maximum absolute atomic E-state index is 12.1. The highest BCUT2D eigenvalue weighted by Crippen LogP contribution is 2.49. The van der Waals surface area contributed by atoms with Gasteiger partial charge in [-0.3, -0.25) is 0 Å². The number of hydrogen-bond acceptors (Lipinski definition) is 4. The zero-order valence-electron chi connectivity index (χ0n) is 16.8. The molecular weight excluding hydrogens is 317 g/mol.